The second-order valence-corrected chi connectivity index (χ2v) is 8.53. The molecule has 0 unspecified atom stereocenters. The summed E-state index contributed by atoms with van der Waals surface area (Å²) in [5.74, 6) is 0. The molecule has 1 fully saturated rings. The normalized spacial score (nSPS) is 14.7. The van der Waals surface area contributed by atoms with Crippen molar-refractivity contribution in [1.29, 1.82) is 0 Å². The van der Waals surface area contributed by atoms with Gasteiger partial charge in [-0.25, -0.2) is 0 Å². The zero-order valence-corrected chi connectivity index (χ0v) is 18.6. The van der Waals surface area contributed by atoms with Crippen molar-refractivity contribution in [3.8, 4) is 0 Å². The standard InChI is InChI=1S/C26H29N3S/c1-20-13-14-21(2)24(19-20)27-26(30)29-17-15-28(16-18-29)25(22-9-5-3-6-10-22)23-11-7-4-8-12-23/h3-14,19,25H,15-18H2,1-2H3,(H,27,30)/p+1. The van der Waals surface area contributed by atoms with Crippen molar-refractivity contribution in [2.75, 3.05) is 31.5 Å². The maximum absolute atomic E-state index is 5.76. The smallest absolute Gasteiger partial charge is 0.173 e. The molecule has 4 rings (SSSR count). The molecule has 2 N–H and O–H groups in total. The Morgan fingerprint density at radius 2 is 1.43 bits per heavy atom. The van der Waals surface area contributed by atoms with Crippen LogP contribution in [-0.4, -0.2) is 36.2 Å². The number of piperazine rings is 1. The number of nitrogens with zero attached hydrogens (tertiary/aromatic N) is 1. The van der Waals surface area contributed by atoms with Crippen LogP contribution in [0.4, 0.5) is 5.69 Å². The minimum Gasteiger partial charge on any atom is -0.338 e. The number of rotatable bonds is 4. The van der Waals surface area contributed by atoms with Gasteiger partial charge in [0.05, 0.1) is 26.2 Å². The SMILES string of the molecule is Cc1ccc(C)c(NC(=S)N2CC[NH+](C(c3ccccc3)c3ccccc3)CC2)c1. The molecule has 0 aliphatic carbocycles. The maximum atomic E-state index is 5.76. The highest BCUT2D eigenvalue weighted by Crippen LogP contribution is 2.20. The van der Waals surface area contributed by atoms with Crippen molar-refractivity contribution in [1.82, 2.24) is 4.90 Å². The zero-order valence-electron chi connectivity index (χ0n) is 17.8. The van der Waals surface area contributed by atoms with Crippen molar-refractivity contribution in [3.05, 3.63) is 101 Å². The highest BCUT2D eigenvalue weighted by molar-refractivity contribution is 7.80. The van der Waals surface area contributed by atoms with Gasteiger partial charge in [0, 0.05) is 16.8 Å². The monoisotopic (exact) mass is 416 g/mol. The Balaban J connectivity index is 1.46. The van der Waals surface area contributed by atoms with E-state index in [-0.39, 0.29) is 0 Å². The molecule has 0 atom stereocenters. The zero-order chi connectivity index (χ0) is 20.9. The molecule has 3 aromatic rings. The summed E-state index contributed by atoms with van der Waals surface area (Å²) in [6, 6.07) is 28.6. The van der Waals surface area contributed by atoms with Crippen LogP contribution >= 0.6 is 12.2 Å². The Kier molecular flexibility index (Phi) is 6.46. The predicted molar refractivity (Wildman–Crippen MR) is 129 cm³/mol. The molecular weight excluding hydrogens is 386 g/mol. The molecular formula is C26H30N3S+. The largest absolute Gasteiger partial charge is 0.338 e. The fraction of sp³-hybridized carbons (Fsp3) is 0.269. The highest BCUT2D eigenvalue weighted by atomic mass is 32.1. The van der Waals surface area contributed by atoms with Crippen molar-refractivity contribution < 1.29 is 4.90 Å². The molecule has 0 aromatic heterocycles. The summed E-state index contributed by atoms with van der Waals surface area (Å²) < 4.78 is 0. The lowest BCUT2D eigenvalue weighted by molar-refractivity contribution is -0.929. The molecule has 0 saturated carbocycles. The number of quaternary nitrogens is 1. The third-order valence-electron chi connectivity index (χ3n) is 6.00. The first-order valence-corrected chi connectivity index (χ1v) is 11.1. The van der Waals surface area contributed by atoms with Crippen LogP contribution in [0.1, 0.15) is 28.3 Å². The van der Waals surface area contributed by atoms with Crippen LogP contribution in [0, 0.1) is 13.8 Å². The van der Waals surface area contributed by atoms with Gasteiger partial charge in [-0.2, -0.15) is 0 Å². The first-order valence-electron chi connectivity index (χ1n) is 10.7. The molecule has 3 aromatic carbocycles. The number of anilines is 1. The van der Waals surface area contributed by atoms with Crippen LogP contribution < -0.4 is 10.2 Å². The number of hydrogen-bond donors (Lipinski definition) is 2. The third kappa shape index (κ3) is 4.72. The lowest BCUT2D eigenvalue weighted by Gasteiger charge is -2.38. The quantitative estimate of drug-likeness (QED) is 0.628. The van der Waals surface area contributed by atoms with Crippen LogP contribution in [0.15, 0.2) is 78.9 Å². The highest BCUT2D eigenvalue weighted by Gasteiger charge is 2.30. The molecule has 0 amide bonds. The van der Waals surface area contributed by atoms with E-state index in [1.165, 1.54) is 22.3 Å². The van der Waals surface area contributed by atoms with Crippen LogP contribution in [-0.2, 0) is 0 Å². The van der Waals surface area contributed by atoms with Crippen molar-refractivity contribution in [2.45, 2.75) is 19.9 Å². The van der Waals surface area contributed by atoms with Gasteiger partial charge in [0.2, 0.25) is 0 Å². The second kappa shape index (κ2) is 9.41. The summed E-state index contributed by atoms with van der Waals surface area (Å²) in [4.78, 5) is 3.91. The second-order valence-electron chi connectivity index (χ2n) is 8.15. The topological polar surface area (TPSA) is 19.7 Å². The molecule has 0 radical (unpaired) electrons. The molecule has 1 aliphatic heterocycles. The van der Waals surface area contributed by atoms with E-state index >= 15 is 0 Å². The molecule has 0 spiro atoms. The first kappa shape index (κ1) is 20.6. The van der Waals surface area contributed by atoms with Gasteiger partial charge in [-0.3, -0.25) is 0 Å². The van der Waals surface area contributed by atoms with Crippen LogP contribution in [0.3, 0.4) is 0 Å². The lowest BCUT2D eigenvalue weighted by atomic mass is 9.96. The van der Waals surface area contributed by atoms with Gasteiger partial charge in [-0.05, 0) is 43.3 Å². The number of hydrogen-bond acceptors (Lipinski definition) is 1. The molecule has 0 bridgehead atoms. The molecule has 1 aliphatic rings. The summed E-state index contributed by atoms with van der Waals surface area (Å²) in [5.41, 5.74) is 6.34. The Hall–Kier alpha value is -2.69. The van der Waals surface area contributed by atoms with Gasteiger partial charge in [-0.1, -0.05) is 72.8 Å². The predicted octanol–water partition coefficient (Wildman–Crippen LogP) is 3.99. The summed E-state index contributed by atoms with van der Waals surface area (Å²) in [5, 5.41) is 4.31. The molecule has 30 heavy (non-hydrogen) atoms. The van der Waals surface area contributed by atoms with Crippen molar-refractivity contribution in [3.63, 3.8) is 0 Å². The van der Waals surface area contributed by atoms with Crippen LogP contribution in [0.25, 0.3) is 0 Å². The number of nitrogens with one attached hydrogen (secondary N) is 2. The molecule has 154 valence electrons. The fourth-order valence-electron chi connectivity index (χ4n) is 4.31. The van der Waals surface area contributed by atoms with E-state index in [4.69, 9.17) is 12.2 Å². The Labute approximate surface area is 185 Å². The van der Waals surface area contributed by atoms with E-state index in [0.29, 0.717) is 6.04 Å². The fourth-order valence-corrected chi connectivity index (χ4v) is 4.60. The summed E-state index contributed by atoms with van der Waals surface area (Å²) in [6.45, 7) is 8.27. The lowest BCUT2D eigenvalue weighted by Crippen LogP contribution is -3.15. The molecule has 1 saturated heterocycles. The van der Waals surface area contributed by atoms with Gasteiger partial charge < -0.3 is 15.1 Å². The molecule has 4 heteroatoms. The Morgan fingerprint density at radius 1 is 0.867 bits per heavy atom. The van der Waals surface area contributed by atoms with E-state index in [2.05, 4.69) is 103 Å². The number of aryl methyl sites for hydroxylation is 2. The minimum absolute atomic E-state index is 0.357. The van der Waals surface area contributed by atoms with Crippen molar-refractivity contribution in [2.24, 2.45) is 0 Å². The first-order chi connectivity index (χ1) is 14.6. The molecule has 1 heterocycles. The summed E-state index contributed by atoms with van der Waals surface area (Å²) in [7, 11) is 0. The molecule has 3 nitrogen and oxygen atoms in total. The van der Waals surface area contributed by atoms with E-state index in [9.17, 15) is 0 Å². The average Bonchev–Trinajstić information content (AvgIpc) is 2.78. The number of thiocarbonyl (C=S) groups is 1. The number of benzene rings is 3. The van der Waals surface area contributed by atoms with Crippen LogP contribution in [0.2, 0.25) is 0 Å². The maximum Gasteiger partial charge on any atom is 0.173 e. The van der Waals surface area contributed by atoms with E-state index < -0.39 is 0 Å². The Morgan fingerprint density at radius 3 is 2.00 bits per heavy atom. The summed E-state index contributed by atoms with van der Waals surface area (Å²) >= 11 is 5.76. The van der Waals surface area contributed by atoms with Crippen molar-refractivity contribution >= 4 is 23.0 Å². The van der Waals surface area contributed by atoms with Crippen LogP contribution in [0.5, 0.6) is 0 Å². The van der Waals surface area contributed by atoms with Gasteiger partial charge in [0.1, 0.15) is 6.04 Å². The third-order valence-corrected chi connectivity index (χ3v) is 6.36. The average molecular weight is 417 g/mol. The van der Waals surface area contributed by atoms with Gasteiger partial charge in [0.15, 0.2) is 5.11 Å². The van der Waals surface area contributed by atoms with E-state index in [1.807, 2.05) is 0 Å². The van der Waals surface area contributed by atoms with Gasteiger partial charge >= 0.3 is 0 Å². The van der Waals surface area contributed by atoms with E-state index in [1.54, 1.807) is 4.90 Å². The minimum atomic E-state index is 0.357. The Bertz CT molecular complexity index is 940. The summed E-state index contributed by atoms with van der Waals surface area (Å²) in [6.07, 6.45) is 0. The van der Waals surface area contributed by atoms with E-state index in [0.717, 1.165) is 37.0 Å². The van der Waals surface area contributed by atoms with Gasteiger partial charge in [0.25, 0.3) is 0 Å². The van der Waals surface area contributed by atoms with Gasteiger partial charge in [-0.15, -0.1) is 0 Å².